The van der Waals surface area contributed by atoms with Crippen LogP contribution >= 0.6 is 11.6 Å². The molecule has 0 spiro atoms. The number of anilines is 1. The van der Waals surface area contributed by atoms with Gasteiger partial charge >= 0.3 is 12.3 Å². The lowest BCUT2D eigenvalue weighted by Crippen LogP contribution is -2.29. The Bertz CT molecular complexity index is 1270. The number of rotatable bonds is 4. The van der Waals surface area contributed by atoms with Crippen LogP contribution < -0.4 is 4.90 Å². The average molecular weight is 447 g/mol. The van der Waals surface area contributed by atoms with Crippen molar-refractivity contribution >= 4 is 34.4 Å². The first-order valence-electron chi connectivity index (χ1n) is 8.98. The van der Waals surface area contributed by atoms with E-state index in [0.29, 0.717) is 16.9 Å². The fourth-order valence-corrected chi connectivity index (χ4v) is 3.49. The second-order valence-electron chi connectivity index (χ2n) is 6.69. The van der Waals surface area contributed by atoms with Crippen LogP contribution in [0.5, 0.6) is 0 Å². The Morgan fingerprint density at radius 2 is 1.94 bits per heavy atom. The Labute approximate surface area is 178 Å². The van der Waals surface area contributed by atoms with Crippen molar-refractivity contribution in [1.29, 1.82) is 0 Å². The molecule has 4 rings (SSSR count). The molecule has 2 N–H and O–H groups in total. The van der Waals surface area contributed by atoms with Gasteiger partial charge in [0.15, 0.2) is 0 Å². The zero-order valence-electron chi connectivity index (χ0n) is 15.7. The molecule has 0 unspecified atom stereocenters. The third-order valence-electron chi connectivity index (χ3n) is 4.69. The van der Waals surface area contributed by atoms with Gasteiger partial charge in [-0.3, -0.25) is 4.90 Å². The van der Waals surface area contributed by atoms with Crippen LogP contribution in [0.2, 0.25) is 5.02 Å². The highest BCUT2D eigenvalue weighted by Crippen LogP contribution is 2.37. The van der Waals surface area contributed by atoms with Crippen LogP contribution in [0.15, 0.2) is 61.1 Å². The van der Waals surface area contributed by atoms with E-state index in [1.54, 1.807) is 24.4 Å². The largest absolute Gasteiger partial charge is 0.465 e. The second kappa shape index (κ2) is 7.92. The number of amides is 1. The predicted molar refractivity (Wildman–Crippen MR) is 110 cm³/mol. The highest BCUT2D eigenvalue weighted by Gasteiger charge is 2.34. The SMILES string of the molecule is O=C(O)N(Cc1cccc(-c2ncnc3[nH]ccc23)c1)c1ccc(Cl)c(C(F)(F)F)c1. The van der Waals surface area contributed by atoms with E-state index < -0.39 is 22.9 Å². The molecule has 0 saturated heterocycles. The molecule has 10 heteroatoms. The lowest BCUT2D eigenvalue weighted by Gasteiger charge is -2.21. The van der Waals surface area contributed by atoms with Crippen LogP contribution in [0.25, 0.3) is 22.3 Å². The quantitative estimate of drug-likeness (QED) is 0.404. The van der Waals surface area contributed by atoms with Gasteiger partial charge in [0.25, 0.3) is 0 Å². The van der Waals surface area contributed by atoms with E-state index in [1.807, 2.05) is 12.1 Å². The first kappa shape index (κ1) is 20.7. The minimum Gasteiger partial charge on any atom is -0.465 e. The van der Waals surface area contributed by atoms with Crippen LogP contribution in [0.1, 0.15) is 11.1 Å². The third-order valence-corrected chi connectivity index (χ3v) is 5.02. The molecule has 2 heterocycles. The molecule has 6 nitrogen and oxygen atoms in total. The topological polar surface area (TPSA) is 82.1 Å². The van der Waals surface area contributed by atoms with Gasteiger partial charge < -0.3 is 10.1 Å². The number of nitrogens with one attached hydrogen (secondary N) is 1. The number of H-pyrrole nitrogens is 1. The number of fused-ring (bicyclic) bond motifs is 1. The van der Waals surface area contributed by atoms with Crippen molar-refractivity contribution in [3.05, 3.63) is 77.2 Å². The maximum absolute atomic E-state index is 13.2. The van der Waals surface area contributed by atoms with Crippen LogP contribution in [0.3, 0.4) is 0 Å². The molecule has 31 heavy (non-hydrogen) atoms. The Balaban J connectivity index is 1.70. The van der Waals surface area contributed by atoms with Crippen molar-refractivity contribution in [3.8, 4) is 11.3 Å². The third kappa shape index (κ3) is 4.17. The first-order valence-corrected chi connectivity index (χ1v) is 9.36. The van der Waals surface area contributed by atoms with E-state index in [9.17, 15) is 23.1 Å². The van der Waals surface area contributed by atoms with Gasteiger partial charge in [0.05, 0.1) is 22.8 Å². The highest BCUT2D eigenvalue weighted by atomic mass is 35.5. The fraction of sp³-hybridized carbons (Fsp3) is 0.0952. The minimum absolute atomic E-state index is 0.135. The van der Waals surface area contributed by atoms with Gasteiger partial charge in [0, 0.05) is 22.8 Å². The number of halogens is 4. The molecule has 158 valence electrons. The molecule has 0 fully saturated rings. The fourth-order valence-electron chi connectivity index (χ4n) is 3.27. The molecule has 0 aliphatic carbocycles. The number of nitrogens with zero attached hydrogens (tertiary/aromatic N) is 3. The molecule has 0 aliphatic rings. The van der Waals surface area contributed by atoms with Crippen molar-refractivity contribution in [2.45, 2.75) is 12.7 Å². The van der Waals surface area contributed by atoms with Crippen molar-refractivity contribution in [2.24, 2.45) is 0 Å². The maximum atomic E-state index is 13.2. The Morgan fingerprint density at radius 3 is 2.68 bits per heavy atom. The molecular weight excluding hydrogens is 433 g/mol. The summed E-state index contributed by atoms with van der Waals surface area (Å²) >= 11 is 5.65. The van der Waals surface area contributed by atoms with Gasteiger partial charge in [-0.25, -0.2) is 14.8 Å². The molecule has 0 atom stereocenters. The Morgan fingerprint density at radius 1 is 1.13 bits per heavy atom. The Hall–Kier alpha value is -3.59. The number of hydrogen-bond donors (Lipinski definition) is 2. The number of carboxylic acid groups (broad SMARTS) is 1. The summed E-state index contributed by atoms with van der Waals surface area (Å²) in [6, 6.07) is 11.8. The zero-order valence-corrected chi connectivity index (χ0v) is 16.4. The molecule has 0 bridgehead atoms. The molecule has 0 radical (unpaired) electrons. The number of hydrogen-bond acceptors (Lipinski definition) is 3. The highest BCUT2D eigenvalue weighted by molar-refractivity contribution is 6.31. The van der Waals surface area contributed by atoms with Crippen molar-refractivity contribution in [1.82, 2.24) is 15.0 Å². The zero-order chi connectivity index (χ0) is 22.2. The summed E-state index contributed by atoms with van der Waals surface area (Å²) in [5.74, 6) is 0. The molecule has 1 amide bonds. The Kier molecular flexibility index (Phi) is 5.28. The van der Waals surface area contributed by atoms with Gasteiger partial charge in [-0.05, 0) is 35.9 Å². The van der Waals surface area contributed by atoms with Gasteiger partial charge in [-0.2, -0.15) is 13.2 Å². The smallest absolute Gasteiger partial charge is 0.417 e. The summed E-state index contributed by atoms with van der Waals surface area (Å²) in [6.07, 6.45) is -2.95. The van der Waals surface area contributed by atoms with E-state index in [4.69, 9.17) is 11.6 Å². The summed E-state index contributed by atoms with van der Waals surface area (Å²) in [5.41, 5.74) is 1.38. The number of aromatic amines is 1. The van der Waals surface area contributed by atoms with Crippen LogP contribution in [-0.2, 0) is 12.7 Å². The standard InChI is InChI=1S/C21H14ClF3N4O2/c22-17-5-4-14(9-16(17)21(23,24)25)29(20(30)31)10-12-2-1-3-13(8-12)18-15-6-7-26-19(15)28-11-27-18/h1-9,11H,10H2,(H,30,31)(H,26,27,28). The van der Waals surface area contributed by atoms with Gasteiger partial charge in [0.2, 0.25) is 0 Å². The summed E-state index contributed by atoms with van der Waals surface area (Å²) in [7, 11) is 0. The normalized spacial score (nSPS) is 11.6. The van der Waals surface area contributed by atoms with Gasteiger partial charge in [0.1, 0.15) is 12.0 Å². The lowest BCUT2D eigenvalue weighted by molar-refractivity contribution is -0.137. The molecule has 4 aromatic rings. The summed E-state index contributed by atoms with van der Waals surface area (Å²) in [4.78, 5) is 24.1. The van der Waals surface area contributed by atoms with E-state index in [1.165, 1.54) is 12.4 Å². The summed E-state index contributed by atoms with van der Waals surface area (Å²) < 4.78 is 39.6. The van der Waals surface area contributed by atoms with E-state index in [2.05, 4.69) is 15.0 Å². The number of carbonyl (C=O) groups is 1. The maximum Gasteiger partial charge on any atom is 0.417 e. The lowest BCUT2D eigenvalue weighted by atomic mass is 10.1. The predicted octanol–water partition coefficient (Wildman–Crippen LogP) is 5.98. The van der Waals surface area contributed by atoms with Gasteiger partial charge in [-0.1, -0.05) is 29.8 Å². The molecule has 2 aromatic heterocycles. The van der Waals surface area contributed by atoms with Crippen molar-refractivity contribution < 1.29 is 23.1 Å². The second-order valence-corrected chi connectivity index (χ2v) is 7.10. The molecular formula is C21H14ClF3N4O2. The number of alkyl halides is 3. The van der Waals surface area contributed by atoms with Crippen LogP contribution in [0, 0.1) is 0 Å². The average Bonchev–Trinajstić information content (AvgIpc) is 3.21. The summed E-state index contributed by atoms with van der Waals surface area (Å²) in [6.45, 7) is -0.163. The molecule has 0 saturated carbocycles. The molecule has 2 aromatic carbocycles. The number of aromatic nitrogens is 3. The van der Waals surface area contributed by atoms with E-state index >= 15 is 0 Å². The molecule has 0 aliphatic heterocycles. The monoisotopic (exact) mass is 446 g/mol. The van der Waals surface area contributed by atoms with Crippen molar-refractivity contribution in [2.75, 3.05) is 4.90 Å². The van der Waals surface area contributed by atoms with E-state index in [0.717, 1.165) is 28.0 Å². The van der Waals surface area contributed by atoms with Gasteiger partial charge in [-0.15, -0.1) is 0 Å². The van der Waals surface area contributed by atoms with Crippen molar-refractivity contribution in [3.63, 3.8) is 0 Å². The number of benzene rings is 2. The van der Waals surface area contributed by atoms with E-state index in [-0.39, 0.29) is 12.2 Å². The first-order chi connectivity index (χ1) is 14.7. The van der Waals surface area contributed by atoms with Crippen LogP contribution in [-0.4, -0.2) is 26.2 Å². The summed E-state index contributed by atoms with van der Waals surface area (Å²) in [5, 5.41) is 9.93. The van der Waals surface area contributed by atoms with Crippen LogP contribution in [0.4, 0.5) is 23.7 Å². The minimum atomic E-state index is -4.70.